The highest BCUT2D eigenvalue weighted by atomic mass is 15.2. The van der Waals surface area contributed by atoms with Gasteiger partial charge in [-0.05, 0) is 18.6 Å². The molecule has 0 aliphatic heterocycles. The summed E-state index contributed by atoms with van der Waals surface area (Å²) < 4.78 is 1.75. The molecular formula is C9H10N4. The first-order chi connectivity index (χ1) is 6.25. The molecule has 0 bridgehead atoms. The van der Waals surface area contributed by atoms with Gasteiger partial charge in [-0.1, -0.05) is 0 Å². The lowest BCUT2D eigenvalue weighted by Crippen LogP contribution is -1.87. The van der Waals surface area contributed by atoms with Gasteiger partial charge in [0, 0.05) is 18.8 Å². The van der Waals surface area contributed by atoms with Crippen LogP contribution in [0.25, 0.3) is 11.3 Å². The van der Waals surface area contributed by atoms with E-state index >= 15 is 0 Å². The second-order valence-corrected chi connectivity index (χ2v) is 3.02. The van der Waals surface area contributed by atoms with Crippen molar-refractivity contribution in [3.63, 3.8) is 0 Å². The van der Waals surface area contributed by atoms with E-state index in [0.717, 1.165) is 16.8 Å². The third kappa shape index (κ3) is 1.56. The highest BCUT2D eigenvalue weighted by Gasteiger charge is 2.01. The van der Waals surface area contributed by atoms with E-state index in [-0.39, 0.29) is 0 Å². The number of hydrogen-bond donors (Lipinski definition) is 0. The van der Waals surface area contributed by atoms with E-state index in [1.165, 1.54) is 0 Å². The van der Waals surface area contributed by atoms with E-state index in [1.807, 2.05) is 26.2 Å². The Kier molecular flexibility index (Phi) is 1.81. The minimum Gasteiger partial charge on any atom is -0.275 e. The fraction of sp³-hybridized carbons (Fsp3) is 0.222. The highest BCUT2D eigenvalue weighted by molar-refractivity contribution is 5.56. The van der Waals surface area contributed by atoms with E-state index in [0.29, 0.717) is 0 Å². The van der Waals surface area contributed by atoms with Crippen LogP contribution in [0.5, 0.6) is 0 Å². The number of nitrogens with zero attached hydrogens (tertiary/aromatic N) is 4. The SMILES string of the molecule is Cc1cnnc(-c2cnn(C)c2)c1. The van der Waals surface area contributed by atoms with Gasteiger partial charge < -0.3 is 0 Å². The third-order valence-electron chi connectivity index (χ3n) is 1.79. The van der Waals surface area contributed by atoms with Gasteiger partial charge in [0.05, 0.1) is 18.1 Å². The summed E-state index contributed by atoms with van der Waals surface area (Å²) >= 11 is 0. The molecule has 0 saturated heterocycles. The van der Waals surface area contributed by atoms with Gasteiger partial charge in [0.1, 0.15) is 0 Å². The number of hydrogen-bond acceptors (Lipinski definition) is 3. The Labute approximate surface area is 76.2 Å². The smallest absolute Gasteiger partial charge is 0.0963 e. The summed E-state index contributed by atoms with van der Waals surface area (Å²) in [6.45, 7) is 1.99. The van der Waals surface area contributed by atoms with E-state index in [2.05, 4.69) is 15.3 Å². The molecule has 2 rings (SSSR count). The van der Waals surface area contributed by atoms with Crippen molar-refractivity contribution in [1.82, 2.24) is 20.0 Å². The second-order valence-electron chi connectivity index (χ2n) is 3.02. The van der Waals surface area contributed by atoms with Crippen LogP contribution in [-0.4, -0.2) is 20.0 Å². The van der Waals surface area contributed by atoms with Crippen molar-refractivity contribution in [3.05, 3.63) is 30.2 Å². The minimum absolute atomic E-state index is 0.869. The van der Waals surface area contributed by atoms with Gasteiger partial charge >= 0.3 is 0 Å². The Hall–Kier alpha value is -1.71. The van der Waals surface area contributed by atoms with Gasteiger partial charge in [0.25, 0.3) is 0 Å². The third-order valence-corrected chi connectivity index (χ3v) is 1.79. The normalized spacial score (nSPS) is 10.3. The van der Waals surface area contributed by atoms with Crippen LogP contribution >= 0.6 is 0 Å². The summed E-state index contributed by atoms with van der Waals surface area (Å²) in [7, 11) is 1.88. The van der Waals surface area contributed by atoms with E-state index in [1.54, 1.807) is 17.1 Å². The van der Waals surface area contributed by atoms with E-state index in [4.69, 9.17) is 0 Å². The van der Waals surface area contributed by atoms with E-state index < -0.39 is 0 Å². The molecular weight excluding hydrogens is 164 g/mol. The lowest BCUT2D eigenvalue weighted by atomic mass is 10.2. The monoisotopic (exact) mass is 174 g/mol. The van der Waals surface area contributed by atoms with Crippen LogP contribution in [-0.2, 0) is 7.05 Å². The van der Waals surface area contributed by atoms with Gasteiger partial charge in [-0.3, -0.25) is 4.68 Å². The molecule has 0 amide bonds. The molecule has 0 saturated carbocycles. The van der Waals surface area contributed by atoms with Crippen LogP contribution in [0, 0.1) is 6.92 Å². The van der Waals surface area contributed by atoms with Crippen LogP contribution in [0.4, 0.5) is 0 Å². The van der Waals surface area contributed by atoms with E-state index in [9.17, 15) is 0 Å². The second kappa shape index (κ2) is 2.97. The lowest BCUT2D eigenvalue weighted by Gasteiger charge is -1.95. The first-order valence-corrected chi connectivity index (χ1v) is 4.04. The zero-order valence-electron chi connectivity index (χ0n) is 7.60. The van der Waals surface area contributed by atoms with Gasteiger partial charge in [-0.25, -0.2) is 0 Å². The molecule has 0 aliphatic carbocycles. The highest BCUT2D eigenvalue weighted by Crippen LogP contribution is 2.14. The molecule has 0 atom stereocenters. The van der Waals surface area contributed by atoms with Crippen molar-refractivity contribution in [2.75, 3.05) is 0 Å². The summed E-state index contributed by atoms with van der Waals surface area (Å²) in [5, 5.41) is 12.0. The summed E-state index contributed by atoms with van der Waals surface area (Å²) in [5.74, 6) is 0. The van der Waals surface area contributed by atoms with Crippen LogP contribution in [0.2, 0.25) is 0 Å². The quantitative estimate of drug-likeness (QED) is 0.652. The molecule has 0 N–H and O–H groups in total. The molecule has 0 radical (unpaired) electrons. The zero-order chi connectivity index (χ0) is 9.26. The minimum atomic E-state index is 0.869. The molecule has 0 spiro atoms. The molecule has 0 aromatic carbocycles. The first kappa shape index (κ1) is 7.91. The Morgan fingerprint density at radius 2 is 2.15 bits per heavy atom. The maximum atomic E-state index is 4.07. The topological polar surface area (TPSA) is 43.6 Å². The molecule has 0 fully saturated rings. The average molecular weight is 174 g/mol. The summed E-state index contributed by atoms with van der Waals surface area (Å²) in [5.41, 5.74) is 2.97. The number of aryl methyl sites for hydroxylation is 2. The largest absolute Gasteiger partial charge is 0.275 e. The Bertz CT molecular complexity index is 419. The van der Waals surface area contributed by atoms with Crippen LogP contribution in [0.15, 0.2) is 24.7 Å². The maximum Gasteiger partial charge on any atom is 0.0963 e. The van der Waals surface area contributed by atoms with Crippen molar-refractivity contribution >= 4 is 0 Å². The summed E-state index contributed by atoms with van der Waals surface area (Å²) in [6, 6.07) is 1.99. The molecule has 66 valence electrons. The van der Waals surface area contributed by atoms with Crippen molar-refractivity contribution in [3.8, 4) is 11.3 Å². The van der Waals surface area contributed by atoms with Gasteiger partial charge in [-0.15, -0.1) is 0 Å². The predicted octanol–water partition coefficient (Wildman–Crippen LogP) is 1.19. The molecule has 0 unspecified atom stereocenters. The van der Waals surface area contributed by atoms with Crippen LogP contribution < -0.4 is 0 Å². The van der Waals surface area contributed by atoms with Crippen molar-refractivity contribution in [2.45, 2.75) is 6.92 Å². The number of aromatic nitrogens is 4. The van der Waals surface area contributed by atoms with Crippen LogP contribution in [0.1, 0.15) is 5.56 Å². The summed E-state index contributed by atoms with van der Waals surface area (Å²) in [6.07, 6.45) is 5.44. The predicted molar refractivity (Wildman–Crippen MR) is 49.0 cm³/mol. The van der Waals surface area contributed by atoms with Crippen molar-refractivity contribution in [1.29, 1.82) is 0 Å². The molecule has 4 nitrogen and oxygen atoms in total. The van der Waals surface area contributed by atoms with Gasteiger partial charge in [0.15, 0.2) is 0 Å². The Balaban J connectivity index is 2.46. The summed E-state index contributed by atoms with van der Waals surface area (Å²) in [4.78, 5) is 0. The standard InChI is InChI=1S/C9H10N4/c1-7-3-9(12-10-4-7)8-5-11-13(2)6-8/h3-6H,1-2H3. The lowest BCUT2D eigenvalue weighted by molar-refractivity contribution is 0.768. The molecule has 0 aliphatic rings. The fourth-order valence-electron chi connectivity index (χ4n) is 1.16. The van der Waals surface area contributed by atoms with Gasteiger partial charge in [-0.2, -0.15) is 15.3 Å². The Morgan fingerprint density at radius 3 is 2.77 bits per heavy atom. The molecule has 2 aromatic rings. The number of rotatable bonds is 1. The first-order valence-electron chi connectivity index (χ1n) is 4.04. The molecule has 4 heteroatoms. The van der Waals surface area contributed by atoms with Crippen molar-refractivity contribution in [2.24, 2.45) is 7.05 Å². The molecule has 2 aromatic heterocycles. The Morgan fingerprint density at radius 1 is 1.31 bits per heavy atom. The molecule has 2 heterocycles. The zero-order valence-corrected chi connectivity index (χ0v) is 7.60. The van der Waals surface area contributed by atoms with Crippen molar-refractivity contribution < 1.29 is 0 Å². The average Bonchev–Trinajstić information content (AvgIpc) is 2.52. The van der Waals surface area contributed by atoms with Gasteiger partial charge in [0.2, 0.25) is 0 Å². The molecule has 13 heavy (non-hydrogen) atoms. The fourth-order valence-corrected chi connectivity index (χ4v) is 1.16. The maximum absolute atomic E-state index is 4.07. The van der Waals surface area contributed by atoms with Crippen LogP contribution in [0.3, 0.4) is 0 Å².